The highest BCUT2D eigenvalue weighted by molar-refractivity contribution is 5.57. The van der Waals surface area contributed by atoms with Crippen LogP contribution < -0.4 is 21.4 Å². The Morgan fingerprint density at radius 2 is 1.15 bits per heavy atom. The summed E-state index contributed by atoms with van der Waals surface area (Å²) in [5.74, 6) is 0. The van der Waals surface area contributed by atoms with E-state index in [-0.39, 0.29) is 10.6 Å². The summed E-state index contributed by atoms with van der Waals surface area (Å²) in [6.07, 6.45) is 7.59. The van der Waals surface area contributed by atoms with Gasteiger partial charge in [-0.05, 0) is 60.7 Å². The number of hydrogen-bond acceptors (Lipinski definition) is 2. The van der Waals surface area contributed by atoms with E-state index in [4.69, 9.17) is 0 Å². The van der Waals surface area contributed by atoms with Crippen LogP contribution in [-0.4, -0.2) is 24.9 Å². The van der Waals surface area contributed by atoms with E-state index in [1.54, 1.807) is 12.1 Å². The van der Waals surface area contributed by atoms with Crippen molar-refractivity contribution >= 4 is 30.0 Å². The predicted molar refractivity (Wildman–Crippen MR) is 103 cm³/mol. The summed E-state index contributed by atoms with van der Waals surface area (Å²) in [6.45, 7) is 0. The van der Waals surface area contributed by atoms with Gasteiger partial charge >= 0.3 is 0 Å². The van der Waals surface area contributed by atoms with Gasteiger partial charge in [0.15, 0.2) is 0 Å². The topological polar surface area (TPSA) is 106 Å². The van der Waals surface area contributed by atoms with Crippen LogP contribution in [0.1, 0.15) is 22.8 Å². The maximum atomic E-state index is 11.4. The molecular formula is C20H15N5O2. The van der Waals surface area contributed by atoms with Crippen molar-refractivity contribution in [3.8, 4) is 0 Å². The summed E-state index contributed by atoms with van der Waals surface area (Å²) >= 11 is 0. The fraction of sp³-hybridized carbons (Fsp3) is 0. The molecule has 4 aromatic heterocycles. The zero-order chi connectivity index (χ0) is 18.4. The van der Waals surface area contributed by atoms with Crippen molar-refractivity contribution in [1.82, 2.24) is 19.9 Å². The lowest BCUT2D eigenvalue weighted by Crippen LogP contribution is -2.12. The highest BCUT2D eigenvalue weighted by Gasteiger charge is 2.11. The van der Waals surface area contributed by atoms with Gasteiger partial charge in [-0.15, -0.1) is 0 Å². The Labute approximate surface area is 152 Å². The van der Waals surface area contributed by atoms with Crippen LogP contribution in [-0.2, 0) is 0 Å². The molecule has 5 heterocycles. The highest BCUT2D eigenvalue weighted by Crippen LogP contribution is 2.07. The molecule has 1 aliphatic heterocycles. The first-order chi connectivity index (χ1) is 13.1. The van der Waals surface area contributed by atoms with Gasteiger partial charge in [0, 0.05) is 44.9 Å². The number of aromatic amines is 4. The third-order valence-electron chi connectivity index (χ3n) is 4.47. The first kappa shape index (κ1) is 15.3. The molecular weight excluding hydrogens is 342 g/mol. The molecule has 0 fully saturated rings. The average molecular weight is 357 g/mol. The maximum absolute atomic E-state index is 11.4. The number of fused-ring (bicyclic) bond motifs is 8. The monoisotopic (exact) mass is 357 g/mol. The van der Waals surface area contributed by atoms with Crippen LogP contribution >= 0.6 is 0 Å². The number of rotatable bonds is 1. The molecule has 7 heteroatoms. The summed E-state index contributed by atoms with van der Waals surface area (Å²) < 4.78 is 0. The Morgan fingerprint density at radius 3 is 1.70 bits per heavy atom. The van der Waals surface area contributed by atoms with E-state index in [9.17, 15) is 10.1 Å². The minimum absolute atomic E-state index is 0.0395. The minimum atomic E-state index is -0.377. The van der Waals surface area contributed by atoms with Gasteiger partial charge in [-0.1, -0.05) is 0 Å². The molecule has 0 amide bonds. The molecule has 4 aromatic rings. The van der Waals surface area contributed by atoms with Crippen LogP contribution in [0.3, 0.4) is 0 Å². The van der Waals surface area contributed by atoms with Crippen molar-refractivity contribution < 1.29 is 4.92 Å². The molecule has 132 valence electrons. The normalized spacial score (nSPS) is 12.4. The second-order valence-electron chi connectivity index (χ2n) is 6.47. The lowest BCUT2D eigenvalue weighted by Gasteiger charge is -1.89. The van der Waals surface area contributed by atoms with Crippen LogP contribution in [0.2, 0.25) is 0 Å². The van der Waals surface area contributed by atoms with E-state index in [1.165, 1.54) is 0 Å². The van der Waals surface area contributed by atoms with Crippen LogP contribution in [0, 0.1) is 10.1 Å². The van der Waals surface area contributed by atoms with Gasteiger partial charge in [-0.2, -0.15) is 0 Å². The Kier molecular flexibility index (Phi) is 3.26. The van der Waals surface area contributed by atoms with Gasteiger partial charge in [0.05, 0.1) is 4.92 Å². The van der Waals surface area contributed by atoms with Crippen molar-refractivity contribution in [2.24, 2.45) is 0 Å². The second-order valence-corrected chi connectivity index (χ2v) is 6.47. The lowest BCUT2D eigenvalue weighted by atomic mass is 10.3. The van der Waals surface area contributed by atoms with Crippen molar-refractivity contribution in [2.45, 2.75) is 0 Å². The Hall–Kier alpha value is -4.00. The number of nitrogens with one attached hydrogen (secondary N) is 4. The molecule has 4 N–H and O–H groups in total. The third kappa shape index (κ3) is 2.91. The Morgan fingerprint density at radius 1 is 0.630 bits per heavy atom. The number of nitrogens with zero attached hydrogens (tertiary/aromatic N) is 1. The van der Waals surface area contributed by atoms with E-state index in [1.807, 2.05) is 54.6 Å². The third-order valence-corrected chi connectivity index (χ3v) is 4.47. The first-order valence-electron chi connectivity index (χ1n) is 8.46. The van der Waals surface area contributed by atoms with E-state index < -0.39 is 0 Å². The molecule has 8 bridgehead atoms. The van der Waals surface area contributed by atoms with Crippen molar-refractivity contribution in [2.75, 3.05) is 0 Å². The van der Waals surface area contributed by atoms with Crippen LogP contribution in [0.5, 0.6) is 0 Å². The van der Waals surface area contributed by atoms with Gasteiger partial charge < -0.3 is 19.9 Å². The summed E-state index contributed by atoms with van der Waals surface area (Å²) in [7, 11) is 0. The Balaban J connectivity index is 1.82. The van der Waals surface area contributed by atoms with E-state index in [0.29, 0.717) is 10.7 Å². The lowest BCUT2D eigenvalue weighted by molar-refractivity contribution is -0.385. The summed E-state index contributed by atoms with van der Waals surface area (Å²) in [6, 6.07) is 13.3. The largest absolute Gasteiger partial charge is 0.355 e. The fourth-order valence-corrected chi connectivity index (χ4v) is 3.27. The van der Waals surface area contributed by atoms with Crippen LogP contribution in [0.25, 0.3) is 24.3 Å². The number of nitro groups is 1. The van der Waals surface area contributed by atoms with Gasteiger partial charge in [-0.25, -0.2) is 0 Å². The highest BCUT2D eigenvalue weighted by atomic mass is 16.6. The van der Waals surface area contributed by atoms with Crippen molar-refractivity contribution in [1.29, 1.82) is 0 Å². The van der Waals surface area contributed by atoms with Gasteiger partial charge in [0.2, 0.25) is 0 Å². The molecule has 0 aliphatic carbocycles. The summed E-state index contributed by atoms with van der Waals surface area (Å²) in [5, 5.41) is 14.5. The zero-order valence-electron chi connectivity index (χ0n) is 14.1. The van der Waals surface area contributed by atoms with E-state index in [0.717, 1.165) is 33.5 Å². The second kappa shape index (κ2) is 5.77. The van der Waals surface area contributed by atoms with Crippen LogP contribution in [0.15, 0.2) is 42.5 Å². The number of hydrogen-bond donors (Lipinski definition) is 4. The average Bonchev–Trinajstić information content (AvgIpc) is 3.38. The van der Waals surface area contributed by atoms with E-state index in [2.05, 4.69) is 19.9 Å². The summed E-state index contributed by atoms with van der Waals surface area (Å²) in [5.41, 5.74) is 3.53. The van der Waals surface area contributed by atoms with Crippen LogP contribution in [0.4, 0.5) is 5.69 Å². The molecule has 0 unspecified atom stereocenters. The minimum Gasteiger partial charge on any atom is -0.355 e. The SMILES string of the molecule is O=[N+]([O-])c1cc2[nH]c1=Cc1ccc([nH]1)C=c1ccc([nH]1)=Cc1ccc([nH]1)C=2. The predicted octanol–water partition coefficient (Wildman–Crippen LogP) is 0.536. The van der Waals surface area contributed by atoms with Crippen molar-refractivity contribution in [3.63, 3.8) is 0 Å². The molecule has 0 aromatic carbocycles. The van der Waals surface area contributed by atoms with Crippen molar-refractivity contribution in [3.05, 3.63) is 96.8 Å². The molecule has 0 spiro atoms. The van der Waals surface area contributed by atoms with Gasteiger partial charge in [0.25, 0.3) is 5.69 Å². The molecule has 0 saturated heterocycles. The molecule has 0 saturated carbocycles. The molecule has 1 aliphatic rings. The molecule has 0 atom stereocenters. The summed E-state index contributed by atoms with van der Waals surface area (Å²) in [4.78, 5) is 24.1. The molecule has 5 rings (SSSR count). The Bertz CT molecular complexity index is 1410. The maximum Gasteiger partial charge on any atom is 0.294 e. The molecule has 0 radical (unpaired) electrons. The van der Waals surface area contributed by atoms with Gasteiger partial charge in [0.1, 0.15) is 5.35 Å². The standard InChI is InChI=1S/C20H15N5O2/c26-25(27)20-11-18-9-16-4-3-14(22-16)7-12-1-2-13(21-12)8-15-5-6-17(23-15)10-19(20)24-18/h1-11,21-24H. The number of H-pyrrole nitrogens is 4. The first-order valence-corrected chi connectivity index (χ1v) is 8.46. The zero-order valence-corrected chi connectivity index (χ0v) is 14.1. The van der Waals surface area contributed by atoms with E-state index >= 15 is 0 Å². The fourth-order valence-electron chi connectivity index (χ4n) is 3.27. The molecule has 7 nitrogen and oxygen atoms in total. The number of aromatic nitrogens is 4. The van der Waals surface area contributed by atoms with Gasteiger partial charge in [-0.3, -0.25) is 10.1 Å². The smallest absolute Gasteiger partial charge is 0.294 e. The quantitative estimate of drug-likeness (QED) is 0.260. The molecule has 27 heavy (non-hydrogen) atoms.